The van der Waals surface area contributed by atoms with Gasteiger partial charge in [0.1, 0.15) is 5.01 Å². The first-order valence-corrected chi connectivity index (χ1v) is 7.94. The molecular weight excluding hydrogens is 407 g/mol. The van der Waals surface area contributed by atoms with Crippen molar-refractivity contribution in [2.75, 3.05) is 14.1 Å². The van der Waals surface area contributed by atoms with Gasteiger partial charge < -0.3 is 10.2 Å². The van der Waals surface area contributed by atoms with Crippen LogP contribution in [0.1, 0.15) is 22.4 Å². The average Bonchev–Trinajstić information content (AvgIpc) is 2.97. The Labute approximate surface area is 153 Å². The van der Waals surface area contributed by atoms with Crippen LogP contribution in [0.4, 0.5) is 0 Å². The molecule has 0 spiro atoms. The van der Waals surface area contributed by atoms with Gasteiger partial charge in [0.05, 0.1) is 6.54 Å². The predicted molar refractivity (Wildman–Crippen MR) is 105 cm³/mol. The number of aromatic nitrogens is 1. The van der Waals surface area contributed by atoms with Gasteiger partial charge in [-0.3, -0.25) is 4.99 Å². The molecule has 2 rings (SSSR count). The van der Waals surface area contributed by atoms with Crippen molar-refractivity contribution in [2.45, 2.75) is 26.4 Å². The summed E-state index contributed by atoms with van der Waals surface area (Å²) in [4.78, 5) is 12.2. The fourth-order valence-electron chi connectivity index (χ4n) is 2.06. The van der Waals surface area contributed by atoms with E-state index in [4.69, 9.17) is 0 Å². The Hall–Kier alpha value is -1.15. The third-order valence-electron chi connectivity index (χ3n) is 3.18. The van der Waals surface area contributed by atoms with E-state index in [-0.39, 0.29) is 24.0 Å². The van der Waals surface area contributed by atoms with Crippen molar-refractivity contribution in [3.05, 3.63) is 52.0 Å². The Kier molecular flexibility index (Phi) is 8.40. The van der Waals surface area contributed by atoms with Crippen molar-refractivity contribution in [3.8, 4) is 0 Å². The first kappa shape index (κ1) is 18.9. The van der Waals surface area contributed by atoms with Gasteiger partial charge in [-0.2, -0.15) is 0 Å². The van der Waals surface area contributed by atoms with Crippen LogP contribution in [0.25, 0.3) is 0 Å². The number of thiazole rings is 1. The van der Waals surface area contributed by atoms with E-state index in [1.54, 1.807) is 11.3 Å². The molecule has 1 aromatic heterocycles. The first-order valence-electron chi connectivity index (χ1n) is 7.12. The van der Waals surface area contributed by atoms with Crippen molar-refractivity contribution in [1.29, 1.82) is 0 Å². The lowest BCUT2D eigenvalue weighted by Crippen LogP contribution is -2.38. The fraction of sp³-hybridized carbons (Fsp3) is 0.375. The molecule has 0 aliphatic carbocycles. The van der Waals surface area contributed by atoms with Gasteiger partial charge in [-0.05, 0) is 12.0 Å². The van der Waals surface area contributed by atoms with Gasteiger partial charge in [0.2, 0.25) is 0 Å². The second-order valence-electron chi connectivity index (χ2n) is 4.82. The third-order valence-corrected chi connectivity index (χ3v) is 4.33. The van der Waals surface area contributed by atoms with Gasteiger partial charge >= 0.3 is 0 Å². The van der Waals surface area contributed by atoms with Crippen molar-refractivity contribution >= 4 is 41.3 Å². The van der Waals surface area contributed by atoms with E-state index in [1.807, 2.05) is 26.4 Å². The number of aryl methyl sites for hydroxylation is 1. The lowest BCUT2D eigenvalue weighted by molar-refractivity contribution is 0.476. The molecule has 22 heavy (non-hydrogen) atoms. The number of rotatable bonds is 5. The number of guanidine groups is 1. The largest absolute Gasteiger partial charge is 0.350 e. The highest BCUT2D eigenvalue weighted by atomic mass is 127. The van der Waals surface area contributed by atoms with E-state index in [1.165, 1.54) is 10.4 Å². The minimum Gasteiger partial charge on any atom is -0.350 e. The number of nitrogens with one attached hydrogen (secondary N) is 1. The first-order chi connectivity index (χ1) is 10.2. The van der Waals surface area contributed by atoms with Crippen molar-refractivity contribution in [1.82, 2.24) is 15.2 Å². The Morgan fingerprint density at radius 2 is 2.05 bits per heavy atom. The minimum absolute atomic E-state index is 0. The molecule has 0 unspecified atom stereocenters. The second kappa shape index (κ2) is 9.78. The molecule has 1 heterocycles. The molecule has 1 N–H and O–H groups in total. The van der Waals surface area contributed by atoms with Crippen LogP contribution in [0.5, 0.6) is 0 Å². The van der Waals surface area contributed by atoms with Crippen LogP contribution in [0.3, 0.4) is 0 Å². The predicted octanol–water partition coefficient (Wildman–Crippen LogP) is 3.53. The van der Waals surface area contributed by atoms with Crippen LogP contribution >= 0.6 is 35.3 Å². The standard InChI is InChI=1S/C16H22N4S.HI/c1-4-14-10-18-15(21-14)11-19-16(17-2)20(3)12-13-8-6-5-7-9-13;/h5-10H,4,11-12H2,1-3H3,(H,17,19);1H. The maximum absolute atomic E-state index is 4.42. The summed E-state index contributed by atoms with van der Waals surface area (Å²) in [5.74, 6) is 0.882. The van der Waals surface area contributed by atoms with Gasteiger partial charge in [0.15, 0.2) is 5.96 Å². The number of hydrogen-bond acceptors (Lipinski definition) is 3. The number of halogens is 1. The summed E-state index contributed by atoms with van der Waals surface area (Å²) in [6, 6.07) is 10.4. The van der Waals surface area contributed by atoms with Gasteiger partial charge in [-0.15, -0.1) is 35.3 Å². The molecule has 0 atom stereocenters. The summed E-state index contributed by atoms with van der Waals surface area (Å²) in [6.45, 7) is 3.70. The zero-order valence-electron chi connectivity index (χ0n) is 13.2. The third kappa shape index (κ3) is 5.57. The molecule has 0 bridgehead atoms. The highest BCUT2D eigenvalue weighted by Crippen LogP contribution is 2.13. The highest BCUT2D eigenvalue weighted by Gasteiger charge is 2.07. The SMILES string of the molecule is CCc1cnc(CNC(=NC)N(C)Cc2ccccc2)s1.I. The van der Waals surface area contributed by atoms with E-state index >= 15 is 0 Å². The van der Waals surface area contributed by atoms with Gasteiger partial charge in [-0.1, -0.05) is 37.3 Å². The lowest BCUT2D eigenvalue weighted by atomic mass is 10.2. The second-order valence-corrected chi connectivity index (χ2v) is 6.02. The molecule has 1 aromatic carbocycles. The number of hydrogen-bond donors (Lipinski definition) is 1. The van der Waals surface area contributed by atoms with E-state index in [0.717, 1.165) is 30.5 Å². The maximum atomic E-state index is 4.42. The smallest absolute Gasteiger partial charge is 0.194 e. The monoisotopic (exact) mass is 430 g/mol. The van der Waals surface area contributed by atoms with Gasteiger partial charge in [-0.25, -0.2) is 4.98 Å². The topological polar surface area (TPSA) is 40.5 Å². The number of nitrogens with zero attached hydrogens (tertiary/aromatic N) is 3. The van der Waals surface area contributed by atoms with Crippen LogP contribution in [-0.2, 0) is 19.5 Å². The Bertz CT molecular complexity index is 583. The Morgan fingerprint density at radius 3 is 2.64 bits per heavy atom. The lowest BCUT2D eigenvalue weighted by Gasteiger charge is -2.21. The summed E-state index contributed by atoms with van der Waals surface area (Å²) in [5, 5.41) is 4.47. The summed E-state index contributed by atoms with van der Waals surface area (Å²) in [6.07, 6.45) is 3.00. The van der Waals surface area contributed by atoms with Crippen LogP contribution in [0, 0.1) is 0 Å². The van der Waals surface area contributed by atoms with Crippen LogP contribution in [0.2, 0.25) is 0 Å². The van der Waals surface area contributed by atoms with Crippen LogP contribution in [-0.4, -0.2) is 29.9 Å². The number of benzene rings is 1. The fourth-order valence-corrected chi connectivity index (χ4v) is 2.87. The number of aliphatic imine (C=N–C) groups is 1. The molecule has 6 heteroatoms. The molecule has 0 amide bonds. The Morgan fingerprint density at radius 1 is 1.32 bits per heavy atom. The molecule has 2 aromatic rings. The van der Waals surface area contributed by atoms with E-state index in [0.29, 0.717) is 0 Å². The molecular formula is C16H23IN4S. The highest BCUT2D eigenvalue weighted by molar-refractivity contribution is 14.0. The van der Waals surface area contributed by atoms with Gasteiger partial charge in [0, 0.05) is 31.7 Å². The molecule has 4 nitrogen and oxygen atoms in total. The normalized spacial score (nSPS) is 11.0. The molecule has 0 aliphatic rings. The van der Waals surface area contributed by atoms with E-state index in [9.17, 15) is 0 Å². The molecule has 0 fully saturated rings. The molecule has 0 saturated carbocycles. The minimum atomic E-state index is 0. The zero-order chi connectivity index (χ0) is 15.1. The van der Waals surface area contributed by atoms with Gasteiger partial charge in [0.25, 0.3) is 0 Å². The van der Waals surface area contributed by atoms with Crippen molar-refractivity contribution in [2.24, 2.45) is 4.99 Å². The van der Waals surface area contributed by atoms with Crippen molar-refractivity contribution < 1.29 is 0 Å². The van der Waals surface area contributed by atoms with Crippen LogP contribution in [0.15, 0.2) is 41.5 Å². The summed E-state index contributed by atoms with van der Waals surface area (Å²) >= 11 is 1.75. The summed E-state index contributed by atoms with van der Waals surface area (Å²) in [5.41, 5.74) is 1.27. The summed E-state index contributed by atoms with van der Waals surface area (Å²) < 4.78 is 0. The molecule has 120 valence electrons. The van der Waals surface area contributed by atoms with E-state index in [2.05, 4.69) is 51.4 Å². The molecule has 0 aliphatic heterocycles. The Balaban J connectivity index is 0.00000242. The van der Waals surface area contributed by atoms with Crippen molar-refractivity contribution in [3.63, 3.8) is 0 Å². The summed E-state index contributed by atoms with van der Waals surface area (Å²) in [7, 11) is 3.85. The van der Waals surface area contributed by atoms with Crippen LogP contribution < -0.4 is 5.32 Å². The zero-order valence-corrected chi connectivity index (χ0v) is 16.4. The maximum Gasteiger partial charge on any atom is 0.194 e. The molecule has 0 radical (unpaired) electrons. The molecule has 0 saturated heterocycles. The quantitative estimate of drug-likeness (QED) is 0.448. The average molecular weight is 430 g/mol. The van der Waals surface area contributed by atoms with E-state index < -0.39 is 0 Å².